The summed E-state index contributed by atoms with van der Waals surface area (Å²) in [6.45, 7) is 4.18. The van der Waals surface area contributed by atoms with Crippen LogP contribution in [0.1, 0.15) is 34.0 Å². The van der Waals surface area contributed by atoms with Crippen molar-refractivity contribution in [3.05, 3.63) is 70.8 Å². The molecule has 1 unspecified atom stereocenters. The number of fused-ring (bicyclic) bond motifs is 1. The number of nitrogens with zero attached hydrogens (tertiary/aromatic N) is 5. The van der Waals surface area contributed by atoms with E-state index in [2.05, 4.69) is 31.1 Å². The number of carbonyl (C=O) groups excluding carboxylic acids is 1. The fourth-order valence-electron chi connectivity index (χ4n) is 3.50. The maximum absolute atomic E-state index is 13.0. The number of benzene rings is 1. The Morgan fingerprint density at radius 3 is 2.79 bits per heavy atom. The van der Waals surface area contributed by atoms with E-state index in [4.69, 9.17) is 0 Å². The second-order valence-electron chi connectivity index (χ2n) is 6.57. The second kappa shape index (κ2) is 10.3. The molecule has 10 heteroatoms. The van der Waals surface area contributed by atoms with Crippen LogP contribution in [0.3, 0.4) is 0 Å². The van der Waals surface area contributed by atoms with Crippen LogP contribution >= 0.6 is 24.8 Å². The van der Waals surface area contributed by atoms with Crippen molar-refractivity contribution >= 4 is 30.7 Å². The maximum Gasteiger partial charge on any atom is 0.249 e. The van der Waals surface area contributed by atoms with E-state index >= 15 is 0 Å². The zero-order valence-electron chi connectivity index (χ0n) is 15.9. The average molecular weight is 436 g/mol. The monoisotopic (exact) mass is 435 g/mol. The first-order chi connectivity index (χ1) is 13.2. The standard InChI is InChI=1S/C19H21N7O.2ClH/c1-13-17(16-7-8-20-9-15(16)10-21-13)11-22-19(27)18(26-12-23-24-25-26)14-5-3-2-4-6-14;;/h2-6,10,12,18,20H,7-9,11H2,1H3,(H,22,27);2*1H. The topological polar surface area (TPSA) is 97.6 Å². The molecule has 0 aliphatic carbocycles. The van der Waals surface area contributed by atoms with Gasteiger partial charge in [-0.05, 0) is 52.6 Å². The van der Waals surface area contributed by atoms with Gasteiger partial charge in [-0.1, -0.05) is 30.3 Å². The lowest BCUT2D eigenvalue weighted by Crippen LogP contribution is -2.34. The molecule has 154 valence electrons. The Kier molecular flexibility index (Phi) is 8.07. The number of hydrogen-bond donors (Lipinski definition) is 2. The molecule has 0 fully saturated rings. The highest BCUT2D eigenvalue weighted by Gasteiger charge is 2.24. The molecule has 1 aliphatic rings. The number of halogens is 2. The first-order valence-electron chi connectivity index (χ1n) is 8.96. The average Bonchev–Trinajstić information content (AvgIpc) is 3.22. The molecule has 0 radical (unpaired) electrons. The van der Waals surface area contributed by atoms with Crippen molar-refractivity contribution in [2.45, 2.75) is 32.5 Å². The van der Waals surface area contributed by atoms with Crippen molar-refractivity contribution in [2.24, 2.45) is 0 Å². The Morgan fingerprint density at radius 1 is 1.28 bits per heavy atom. The van der Waals surface area contributed by atoms with Crippen LogP contribution in [-0.2, 0) is 24.3 Å². The van der Waals surface area contributed by atoms with Crippen LogP contribution in [-0.4, -0.2) is 37.6 Å². The summed E-state index contributed by atoms with van der Waals surface area (Å²) in [6.07, 6.45) is 4.33. The van der Waals surface area contributed by atoms with Crippen molar-refractivity contribution in [1.82, 2.24) is 35.8 Å². The minimum atomic E-state index is -0.615. The van der Waals surface area contributed by atoms with Crippen LogP contribution in [0.4, 0.5) is 0 Å². The van der Waals surface area contributed by atoms with E-state index in [0.717, 1.165) is 36.3 Å². The van der Waals surface area contributed by atoms with E-state index in [1.165, 1.54) is 22.1 Å². The smallest absolute Gasteiger partial charge is 0.249 e. The SMILES string of the molecule is Cc1ncc2c(c1CNC(=O)C(c1ccccc1)n1cnnn1)CCNC2.Cl.Cl. The number of amides is 1. The lowest BCUT2D eigenvalue weighted by Gasteiger charge is -2.22. The highest BCUT2D eigenvalue weighted by atomic mass is 35.5. The molecular formula is C19H23Cl2N7O. The Bertz CT molecular complexity index is 935. The number of nitrogens with one attached hydrogen (secondary N) is 2. The van der Waals surface area contributed by atoms with Crippen LogP contribution in [0.5, 0.6) is 0 Å². The molecule has 4 rings (SSSR count). The Morgan fingerprint density at radius 2 is 2.07 bits per heavy atom. The molecule has 1 aliphatic heterocycles. The van der Waals surface area contributed by atoms with Crippen molar-refractivity contribution in [3.8, 4) is 0 Å². The summed E-state index contributed by atoms with van der Waals surface area (Å²) in [5.41, 5.74) is 5.38. The molecule has 0 saturated heterocycles. The van der Waals surface area contributed by atoms with Gasteiger partial charge in [0.2, 0.25) is 5.91 Å². The van der Waals surface area contributed by atoms with Crippen LogP contribution in [0.15, 0.2) is 42.9 Å². The molecule has 1 aromatic carbocycles. The minimum Gasteiger partial charge on any atom is -0.350 e. The Hall–Kier alpha value is -2.55. The fourth-order valence-corrected chi connectivity index (χ4v) is 3.50. The first kappa shape index (κ1) is 22.7. The van der Waals surface area contributed by atoms with Crippen molar-refractivity contribution < 1.29 is 4.79 Å². The van der Waals surface area contributed by atoms with E-state index < -0.39 is 6.04 Å². The van der Waals surface area contributed by atoms with Gasteiger partial charge in [0.05, 0.1) is 0 Å². The molecule has 3 heterocycles. The highest BCUT2D eigenvalue weighted by molar-refractivity contribution is 5.85. The molecule has 2 N–H and O–H groups in total. The van der Waals surface area contributed by atoms with Crippen LogP contribution in [0.25, 0.3) is 0 Å². The van der Waals surface area contributed by atoms with Gasteiger partial charge in [-0.15, -0.1) is 29.9 Å². The lowest BCUT2D eigenvalue weighted by molar-refractivity contribution is -0.123. The molecule has 0 spiro atoms. The Balaban J connectivity index is 0.00000150. The van der Waals surface area contributed by atoms with Gasteiger partial charge in [0.15, 0.2) is 6.04 Å². The van der Waals surface area contributed by atoms with E-state index in [9.17, 15) is 4.79 Å². The lowest BCUT2D eigenvalue weighted by atomic mass is 9.96. The van der Waals surface area contributed by atoms with Crippen LogP contribution in [0.2, 0.25) is 0 Å². The van der Waals surface area contributed by atoms with Gasteiger partial charge in [-0.3, -0.25) is 9.78 Å². The predicted molar refractivity (Wildman–Crippen MR) is 113 cm³/mol. The third-order valence-electron chi connectivity index (χ3n) is 4.90. The largest absolute Gasteiger partial charge is 0.350 e. The van der Waals surface area contributed by atoms with Gasteiger partial charge in [0.1, 0.15) is 6.33 Å². The van der Waals surface area contributed by atoms with Gasteiger partial charge in [-0.25, -0.2) is 4.68 Å². The second-order valence-corrected chi connectivity index (χ2v) is 6.57. The number of tetrazole rings is 1. The fraction of sp³-hybridized carbons (Fsp3) is 0.316. The molecule has 1 atom stereocenters. The zero-order valence-corrected chi connectivity index (χ0v) is 17.5. The van der Waals surface area contributed by atoms with Crippen molar-refractivity contribution in [2.75, 3.05) is 6.54 Å². The van der Waals surface area contributed by atoms with Crippen molar-refractivity contribution in [1.29, 1.82) is 0 Å². The summed E-state index contributed by atoms with van der Waals surface area (Å²) in [4.78, 5) is 17.5. The predicted octanol–water partition coefficient (Wildman–Crippen LogP) is 1.77. The summed E-state index contributed by atoms with van der Waals surface area (Å²) >= 11 is 0. The molecular weight excluding hydrogens is 413 g/mol. The number of aryl methyl sites for hydroxylation is 1. The molecule has 2 aromatic heterocycles. The van der Waals surface area contributed by atoms with Gasteiger partial charge in [0.25, 0.3) is 0 Å². The number of aromatic nitrogens is 5. The minimum absolute atomic E-state index is 0. The summed E-state index contributed by atoms with van der Waals surface area (Å²) in [6, 6.07) is 8.89. The van der Waals surface area contributed by atoms with Gasteiger partial charge >= 0.3 is 0 Å². The normalized spacial score (nSPS) is 13.4. The molecule has 8 nitrogen and oxygen atoms in total. The molecule has 3 aromatic rings. The summed E-state index contributed by atoms with van der Waals surface area (Å²) in [5, 5.41) is 17.7. The van der Waals surface area contributed by atoms with E-state index in [1.807, 2.05) is 43.5 Å². The van der Waals surface area contributed by atoms with Crippen LogP contribution < -0.4 is 10.6 Å². The molecule has 0 bridgehead atoms. The summed E-state index contributed by atoms with van der Waals surface area (Å²) in [5.74, 6) is -0.153. The third kappa shape index (κ3) is 4.90. The molecule has 29 heavy (non-hydrogen) atoms. The number of carbonyl (C=O) groups is 1. The van der Waals surface area contributed by atoms with E-state index in [0.29, 0.717) is 6.54 Å². The summed E-state index contributed by atoms with van der Waals surface area (Å²) in [7, 11) is 0. The first-order valence-corrected chi connectivity index (χ1v) is 8.96. The molecule has 0 saturated carbocycles. The quantitative estimate of drug-likeness (QED) is 0.633. The number of pyridine rings is 1. The summed E-state index contributed by atoms with van der Waals surface area (Å²) < 4.78 is 1.47. The van der Waals surface area contributed by atoms with Gasteiger partial charge in [0, 0.05) is 25.0 Å². The number of hydrogen-bond acceptors (Lipinski definition) is 6. The number of rotatable bonds is 5. The zero-order chi connectivity index (χ0) is 18.6. The van der Waals surface area contributed by atoms with Crippen LogP contribution in [0, 0.1) is 6.92 Å². The van der Waals surface area contributed by atoms with E-state index in [1.54, 1.807) is 0 Å². The third-order valence-corrected chi connectivity index (χ3v) is 4.90. The highest BCUT2D eigenvalue weighted by Crippen LogP contribution is 2.21. The van der Waals surface area contributed by atoms with E-state index in [-0.39, 0.29) is 30.7 Å². The Labute approximate surface area is 181 Å². The molecule has 1 amide bonds. The maximum atomic E-state index is 13.0. The van der Waals surface area contributed by atoms with Gasteiger partial charge in [-0.2, -0.15) is 0 Å². The van der Waals surface area contributed by atoms with Gasteiger partial charge < -0.3 is 10.6 Å². The van der Waals surface area contributed by atoms with Crippen molar-refractivity contribution in [3.63, 3.8) is 0 Å².